The lowest BCUT2D eigenvalue weighted by atomic mass is 10.2. The first-order chi connectivity index (χ1) is 6.13. The normalized spacial score (nSPS) is 12.1. The van der Waals surface area contributed by atoms with Crippen molar-refractivity contribution in [3.05, 3.63) is 29.3 Å². The van der Waals surface area contributed by atoms with Crippen LogP contribution in [0, 0.1) is 26.2 Å². The lowest BCUT2D eigenvalue weighted by molar-refractivity contribution is 0.685. The Bertz CT molecular complexity index is 354. The van der Waals surface area contributed by atoms with Crippen molar-refractivity contribution in [1.82, 2.24) is 0 Å². The van der Waals surface area contributed by atoms with Gasteiger partial charge in [-0.1, -0.05) is 12.0 Å². The van der Waals surface area contributed by atoms with Gasteiger partial charge in [-0.25, -0.2) is 0 Å². The van der Waals surface area contributed by atoms with Gasteiger partial charge in [-0.15, -0.1) is 6.42 Å². The molecule has 1 nitrogen and oxygen atoms in total. The van der Waals surface area contributed by atoms with E-state index in [4.69, 9.17) is 6.42 Å². The first-order valence-corrected chi connectivity index (χ1v) is 5.35. The number of hydrogen-bond donors (Lipinski definition) is 0. The summed E-state index contributed by atoms with van der Waals surface area (Å²) >= 11 is 0. The van der Waals surface area contributed by atoms with Crippen LogP contribution in [0.25, 0.3) is 0 Å². The second-order valence-electron chi connectivity index (χ2n) is 3.02. The van der Waals surface area contributed by atoms with Crippen LogP contribution >= 0.6 is 0 Å². The average Bonchev–Trinajstić information content (AvgIpc) is 2.03. The fourth-order valence-electron chi connectivity index (χ4n) is 1.22. The van der Waals surface area contributed by atoms with Crippen LogP contribution in [0.4, 0.5) is 0 Å². The zero-order chi connectivity index (χ0) is 9.84. The Balaban J connectivity index is 3.02. The van der Waals surface area contributed by atoms with Gasteiger partial charge < -0.3 is 0 Å². The minimum Gasteiger partial charge on any atom is -0.253 e. The van der Waals surface area contributed by atoms with Crippen molar-refractivity contribution in [3.8, 4) is 12.3 Å². The highest BCUT2D eigenvalue weighted by atomic mass is 32.2. The second kappa shape index (κ2) is 4.25. The zero-order valence-corrected chi connectivity index (χ0v) is 8.65. The fraction of sp³-hybridized carbons (Fsp3) is 0.273. The number of rotatable bonds is 2. The molecule has 0 aliphatic carbocycles. The van der Waals surface area contributed by atoms with Crippen molar-refractivity contribution in [2.24, 2.45) is 0 Å². The number of aryl methyl sites for hydroxylation is 2. The maximum Gasteiger partial charge on any atom is 0.0891 e. The number of hydrogen-bond acceptors (Lipinski definition) is 1. The van der Waals surface area contributed by atoms with Gasteiger partial charge in [0.15, 0.2) is 0 Å². The summed E-state index contributed by atoms with van der Waals surface area (Å²) in [7, 11) is -1.04. The van der Waals surface area contributed by atoms with Crippen LogP contribution in [0.15, 0.2) is 23.1 Å². The Morgan fingerprint density at radius 3 is 2.31 bits per heavy atom. The molecule has 1 rings (SSSR count). The molecule has 0 amide bonds. The van der Waals surface area contributed by atoms with E-state index in [1.807, 2.05) is 26.0 Å². The van der Waals surface area contributed by atoms with E-state index in [1.165, 1.54) is 0 Å². The first-order valence-electron chi connectivity index (χ1n) is 4.03. The molecule has 0 unspecified atom stereocenters. The quantitative estimate of drug-likeness (QED) is 0.655. The Kier molecular flexibility index (Phi) is 3.27. The summed E-state index contributed by atoms with van der Waals surface area (Å²) in [4.78, 5) is 0.829. The van der Waals surface area contributed by atoms with E-state index in [9.17, 15) is 4.21 Å². The van der Waals surface area contributed by atoms with Crippen molar-refractivity contribution < 1.29 is 4.21 Å². The molecule has 1 aromatic carbocycles. The molecule has 0 N–H and O–H groups in total. The molecule has 0 saturated carbocycles. The lowest BCUT2D eigenvalue weighted by Gasteiger charge is -2.02. The highest BCUT2D eigenvalue weighted by Crippen LogP contribution is 2.12. The minimum atomic E-state index is -1.04. The van der Waals surface area contributed by atoms with Crippen LogP contribution < -0.4 is 0 Å². The Labute approximate surface area is 81.6 Å². The molecular weight excluding hydrogens is 180 g/mol. The van der Waals surface area contributed by atoms with Gasteiger partial charge >= 0.3 is 0 Å². The fourth-order valence-corrected chi connectivity index (χ4v) is 2.18. The third-order valence-electron chi connectivity index (χ3n) is 1.67. The maximum atomic E-state index is 11.5. The summed E-state index contributed by atoms with van der Waals surface area (Å²) < 4.78 is 11.5. The van der Waals surface area contributed by atoms with E-state index in [-0.39, 0.29) is 0 Å². The van der Waals surface area contributed by atoms with Crippen LogP contribution in [-0.4, -0.2) is 9.96 Å². The lowest BCUT2D eigenvalue weighted by Crippen LogP contribution is -1.96. The largest absolute Gasteiger partial charge is 0.253 e. The molecule has 2 heteroatoms. The summed E-state index contributed by atoms with van der Waals surface area (Å²) in [6.07, 6.45) is 5.10. The van der Waals surface area contributed by atoms with E-state index in [0.29, 0.717) is 5.75 Å². The van der Waals surface area contributed by atoms with E-state index in [0.717, 1.165) is 16.0 Å². The van der Waals surface area contributed by atoms with E-state index < -0.39 is 10.8 Å². The van der Waals surface area contributed by atoms with Crippen molar-refractivity contribution in [3.63, 3.8) is 0 Å². The third kappa shape index (κ3) is 2.71. The van der Waals surface area contributed by atoms with Crippen LogP contribution in [-0.2, 0) is 10.8 Å². The van der Waals surface area contributed by atoms with Crippen molar-refractivity contribution in [2.45, 2.75) is 18.7 Å². The molecule has 0 radical (unpaired) electrons. The molecule has 0 aliphatic rings. The Morgan fingerprint density at radius 1 is 1.31 bits per heavy atom. The summed E-state index contributed by atoms with van der Waals surface area (Å²) in [6.45, 7) is 3.98. The topological polar surface area (TPSA) is 17.1 Å². The highest BCUT2D eigenvalue weighted by Gasteiger charge is 2.02. The highest BCUT2D eigenvalue weighted by molar-refractivity contribution is 7.85. The van der Waals surface area contributed by atoms with E-state index >= 15 is 0 Å². The number of benzene rings is 1. The van der Waals surface area contributed by atoms with Gasteiger partial charge in [0.2, 0.25) is 0 Å². The zero-order valence-electron chi connectivity index (χ0n) is 7.83. The molecule has 13 heavy (non-hydrogen) atoms. The molecule has 68 valence electrons. The van der Waals surface area contributed by atoms with Crippen LogP contribution in [0.1, 0.15) is 11.1 Å². The summed E-state index contributed by atoms with van der Waals surface area (Å²) in [5, 5.41) is 0. The van der Waals surface area contributed by atoms with E-state index in [1.54, 1.807) is 0 Å². The molecule has 1 aromatic rings. The predicted molar refractivity (Wildman–Crippen MR) is 56.0 cm³/mol. The summed E-state index contributed by atoms with van der Waals surface area (Å²) in [5.41, 5.74) is 2.25. The van der Waals surface area contributed by atoms with Gasteiger partial charge in [-0.05, 0) is 37.1 Å². The first kappa shape index (κ1) is 10.0. The van der Waals surface area contributed by atoms with Gasteiger partial charge in [0, 0.05) is 4.90 Å². The standard InChI is InChI=1S/C11H12OS/c1-4-5-13(12)11-7-9(2)6-10(3)8-11/h1,6-8H,5H2,2-3H3/t13-/m0/s1. The molecule has 0 saturated heterocycles. The molecule has 0 heterocycles. The summed E-state index contributed by atoms with van der Waals surface area (Å²) in [5.74, 6) is 2.70. The third-order valence-corrected chi connectivity index (χ3v) is 2.86. The second-order valence-corrected chi connectivity index (χ2v) is 4.47. The Hall–Kier alpha value is -1.07. The maximum absolute atomic E-state index is 11.5. The van der Waals surface area contributed by atoms with Gasteiger partial charge in [0.25, 0.3) is 0 Å². The molecule has 0 fully saturated rings. The Morgan fingerprint density at radius 2 is 1.85 bits per heavy atom. The van der Waals surface area contributed by atoms with Crippen molar-refractivity contribution >= 4 is 10.8 Å². The monoisotopic (exact) mass is 192 g/mol. The van der Waals surface area contributed by atoms with E-state index in [2.05, 4.69) is 12.0 Å². The van der Waals surface area contributed by atoms with Crippen LogP contribution in [0.2, 0.25) is 0 Å². The molecule has 1 atom stereocenters. The molecule has 0 spiro atoms. The van der Waals surface area contributed by atoms with Gasteiger partial charge in [-0.2, -0.15) is 0 Å². The van der Waals surface area contributed by atoms with Gasteiger partial charge in [0.05, 0.1) is 16.6 Å². The number of terminal acetylenes is 1. The van der Waals surface area contributed by atoms with Crippen molar-refractivity contribution in [2.75, 3.05) is 5.75 Å². The molecule has 0 bridgehead atoms. The SMILES string of the molecule is C#CC[S@](=O)c1cc(C)cc(C)c1. The minimum absolute atomic E-state index is 0.295. The van der Waals surface area contributed by atoms with Crippen molar-refractivity contribution in [1.29, 1.82) is 0 Å². The summed E-state index contributed by atoms with van der Waals surface area (Å²) in [6, 6.07) is 5.89. The van der Waals surface area contributed by atoms with Gasteiger partial charge in [-0.3, -0.25) is 4.21 Å². The molecular formula is C11H12OS. The molecule has 0 aliphatic heterocycles. The van der Waals surface area contributed by atoms with Gasteiger partial charge in [0.1, 0.15) is 0 Å². The predicted octanol–water partition coefficient (Wildman–Crippen LogP) is 2.04. The molecule has 0 aromatic heterocycles. The smallest absolute Gasteiger partial charge is 0.0891 e. The average molecular weight is 192 g/mol. The van der Waals surface area contributed by atoms with Crippen LogP contribution in [0.3, 0.4) is 0 Å². The van der Waals surface area contributed by atoms with Crippen LogP contribution in [0.5, 0.6) is 0 Å².